The van der Waals surface area contributed by atoms with Crippen molar-refractivity contribution in [2.24, 2.45) is 5.73 Å². The van der Waals surface area contributed by atoms with E-state index in [1.54, 1.807) is 24.3 Å². The molecule has 0 fully saturated rings. The van der Waals surface area contributed by atoms with Gasteiger partial charge in [-0.1, -0.05) is 0 Å². The minimum Gasteiger partial charge on any atom is -0.385 e. The summed E-state index contributed by atoms with van der Waals surface area (Å²) in [7, 11) is -0.294. The molecule has 1 aromatic carbocycles. The minimum atomic E-state index is -3.34. The van der Waals surface area contributed by atoms with Gasteiger partial charge < -0.3 is 11.1 Å². The van der Waals surface area contributed by atoms with Crippen molar-refractivity contribution >= 4 is 15.7 Å². The molecule has 0 aromatic heterocycles. The topological polar surface area (TPSA) is 75.4 Å². The molecule has 1 unspecified atom stereocenters. The number of anilines is 1. The first-order valence-corrected chi connectivity index (χ1v) is 7.80. The van der Waals surface area contributed by atoms with Crippen molar-refractivity contribution in [3.8, 4) is 0 Å². The lowest BCUT2D eigenvalue weighted by Crippen LogP contribution is -2.22. The summed E-state index contributed by atoms with van der Waals surface area (Å²) in [5.41, 5.74) is 6.59. The zero-order chi connectivity index (χ0) is 14.5. The van der Waals surface area contributed by atoms with Crippen LogP contribution in [0, 0.1) is 0 Å². The van der Waals surface area contributed by atoms with Crippen LogP contribution in [0.5, 0.6) is 0 Å². The third-order valence-electron chi connectivity index (χ3n) is 2.80. The van der Waals surface area contributed by atoms with Crippen LogP contribution in [0.4, 0.5) is 5.69 Å². The molecule has 0 bridgehead atoms. The Balaban J connectivity index is 2.58. The number of hydrogen-bond acceptors (Lipinski definition) is 4. The van der Waals surface area contributed by atoms with E-state index in [-0.39, 0.29) is 6.04 Å². The SMILES string of the molecule is CC(N)CCCNc1ccc(S(=O)(=O)N(C)C)cc1. The van der Waals surface area contributed by atoms with Gasteiger partial charge in [0.25, 0.3) is 0 Å². The lowest BCUT2D eigenvalue weighted by atomic mass is 10.2. The number of sulfonamides is 1. The zero-order valence-corrected chi connectivity index (χ0v) is 12.6. The van der Waals surface area contributed by atoms with Crippen molar-refractivity contribution < 1.29 is 8.42 Å². The average molecular weight is 285 g/mol. The summed E-state index contributed by atoms with van der Waals surface area (Å²) in [5.74, 6) is 0. The van der Waals surface area contributed by atoms with Crippen LogP contribution in [0.15, 0.2) is 29.2 Å². The minimum absolute atomic E-state index is 0.217. The third kappa shape index (κ3) is 4.81. The Kier molecular flexibility index (Phi) is 5.78. The van der Waals surface area contributed by atoms with Crippen LogP contribution in [0.25, 0.3) is 0 Å². The summed E-state index contributed by atoms with van der Waals surface area (Å²) in [4.78, 5) is 0.304. The van der Waals surface area contributed by atoms with Gasteiger partial charge in [-0.05, 0) is 44.0 Å². The molecule has 0 radical (unpaired) electrons. The predicted octanol–water partition coefficient (Wildman–Crippen LogP) is 1.48. The first-order valence-electron chi connectivity index (χ1n) is 6.36. The molecule has 1 rings (SSSR count). The second-order valence-electron chi connectivity index (χ2n) is 4.86. The van der Waals surface area contributed by atoms with E-state index >= 15 is 0 Å². The van der Waals surface area contributed by atoms with Crippen LogP contribution >= 0.6 is 0 Å². The highest BCUT2D eigenvalue weighted by atomic mass is 32.2. The third-order valence-corrected chi connectivity index (χ3v) is 4.63. The van der Waals surface area contributed by atoms with Crippen molar-refractivity contribution in [2.75, 3.05) is 26.0 Å². The van der Waals surface area contributed by atoms with E-state index in [2.05, 4.69) is 5.32 Å². The Morgan fingerprint density at radius 2 is 1.84 bits per heavy atom. The normalized spacial score (nSPS) is 13.5. The maximum absolute atomic E-state index is 11.9. The van der Waals surface area contributed by atoms with Crippen LogP contribution in [0.3, 0.4) is 0 Å². The number of nitrogens with two attached hydrogens (primary N) is 1. The van der Waals surface area contributed by atoms with Crippen molar-refractivity contribution in [2.45, 2.75) is 30.7 Å². The number of benzene rings is 1. The van der Waals surface area contributed by atoms with Gasteiger partial charge >= 0.3 is 0 Å². The van der Waals surface area contributed by atoms with Gasteiger partial charge in [0.05, 0.1) is 4.90 Å². The fourth-order valence-corrected chi connectivity index (χ4v) is 2.51. The van der Waals surface area contributed by atoms with Crippen LogP contribution in [-0.2, 0) is 10.0 Å². The van der Waals surface area contributed by atoms with E-state index in [4.69, 9.17) is 5.73 Å². The number of nitrogens with one attached hydrogen (secondary N) is 1. The zero-order valence-electron chi connectivity index (χ0n) is 11.8. The number of hydrogen-bond donors (Lipinski definition) is 2. The van der Waals surface area contributed by atoms with Gasteiger partial charge in [-0.2, -0.15) is 0 Å². The molecule has 0 saturated heterocycles. The largest absolute Gasteiger partial charge is 0.385 e. The summed E-state index contributed by atoms with van der Waals surface area (Å²) in [6, 6.07) is 7.01. The molecule has 6 heteroatoms. The van der Waals surface area contributed by atoms with Crippen LogP contribution < -0.4 is 11.1 Å². The van der Waals surface area contributed by atoms with Crippen LogP contribution in [0.1, 0.15) is 19.8 Å². The fraction of sp³-hybridized carbons (Fsp3) is 0.538. The van der Waals surface area contributed by atoms with Crippen molar-refractivity contribution in [3.05, 3.63) is 24.3 Å². The Hall–Kier alpha value is -1.11. The number of rotatable bonds is 7. The molecule has 0 amide bonds. The van der Waals surface area contributed by atoms with E-state index in [9.17, 15) is 8.42 Å². The Morgan fingerprint density at radius 1 is 1.26 bits per heavy atom. The molecule has 0 spiro atoms. The molecule has 5 nitrogen and oxygen atoms in total. The summed E-state index contributed by atoms with van der Waals surface area (Å²) >= 11 is 0. The highest BCUT2D eigenvalue weighted by molar-refractivity contribution is 7.89. The maximum Gasteiger partial charge on any atom is 0.242 e. The van der Waals surface area contributed by atoms with E-state index in [0.717, 1.165) is 25.1 Å². The molecule has 1 atom stereocenters. The predicted molar refractivity (Wildman–Crippen MR) is 78.7 cm³/mol. The summed E-state index contributed by atoms with van der Waals surface area (Å²) in [6.45, 7) is 2.82. The molecular formula is C13H23N3O2S. The second kappa shape index (κ2) is 6.88. The molecule has 0 heterocycles. The lowest BCUT2D eigenvalue weighted by molar-refractivity contribution is 0.521. The molecule has 3 N–H and O–H groups in total. The highest BCUT2D eigenvalue weighted by Crippen LogP contribution is 2.16. The van der Waals surface area contributed by atoms with E-state index in [1.165, 1.54) is 18.4 Å². The smallest absolute Gasteiger partial charge is 0.242 e. The quantitative estimate of drug-likeness (QED) is 0.744. The fourth-order valence-electron chi connectivity index (χ4n) is 1.61. The first kappa shape index (κ1) is 15.9. The Bertz CT molecular complexity index is 481. The van der Waals surface area contributed by atoms with Crippen LogP contribution in [0.2, 0.25) is 0 Å². The van der Waals surface area contributed by atoms with Gasteiger partial charge in [0, 0.05) is 32.4 Å². The number of nitrogens with zero attached hydrogens (tertiary/aromatic N) is 1. The van der Waals surface area contributed by atoms with Gasteiger partial charge in [0.2, 0.25) is 10.0 Å². The Labute approximate surface area is 115 Å². The van der Waals surface area contributed by atoms with Gasteiger partial charge in [0.15, 0.2) is 0 Å². The Morgan fingerprint density at radius 3 is 2.32 bits per heavy atom. The van der Waals surface area contributed by atoms with Crippen molar-refractivity contribution in [3.63, 3.8) is 0 Å². The van der Waals surface area contributed by atoms with Gasteiger partial charge in [-0.3, -0.25) is 0 Å². The van der Waals surface area contributed by atoms with Gasteiger partial charge in [0.1, 0.15) is 0 Å². The molecule has 19 heavy (non-hydrogen) atoms. The first-order chi connectivity index (χ1) is 8.84. The molecule has 0 aliphatic rings. The van der Waals surface area contributed by atoms with E-state index in [1.807, 2.05) is 6.92 Å². The molecule has 0 aliphatic heterocycles. The monoisotopic (exact) mass is 285 g/mol. The van der Waals surface area contributed by atoms with Gasteiger partial charge in [-0.15, -0.1) is 0 Å². The molecular weight excluding hydrogens is 262 g/mol. The molecule has 0 saturated carbocycles. The summed E-state index contributed by atoms with van der Waals surface area (Å²) < 4.78 is 24.9. The standard InChI is InChI=1S/C13H23N3O2S/c1-11(14)5-4-10-15-12-6-8-13(9-7-12)19(17,18)16(2)3/h6-9,11,15H,4-5,10,14H2,1-3H3. The van der Waals surface area contributed by atoms with Gasteiger partial charge in [-0.25, -0.2) is 12.7 Å². The highest BCUT2D eigenvalue weighted by Gasteiger charge is 2.16. The van der Waals surface area contributed by atoms with E-state index in [0.29, 0.717) is 4.90 Å². The summed E-state index contributed by atoms with van der Waals surface area (Å²) in [5, 5.41) is 3.24. The maximum atomic E-state index is 11.9. The molecule has 1 aromatic rings. The van der Waals surface area contributed by atoms with Crippen molar-refractivity contribution in [1.29, 1.82) is 0 Å². The molecule has 108 valence electrons. The average Bonchev–Trinajstić information content (AvgIpc) is 2.35. The van der Waals surface area contributed by atoms with E-state index < -0.39 is 10.0 Å². The van der Waals surface area contributed by atoms with Crippen LogP contribution in [-0.4, -0.2) is 39.4 Å². The second-order valence-corrected chi connectivity index (χ2v) is 7.01. The summed E-state index contributed by atoms with van der Waals surface area (Å²) in [6.07, 6.45) is 1.97. The lowest BCUT2D eigenvalue weighted by Gasteiger charge is -2.12. The van der Waals surface area contributed by atoms with Crippen molar-refractivity contribution in [1.82, 2.24) is 4.31 Å². The molecule has 0 aliphatic carbocycles.